The van der Waals surface area contributed by atoms with E-state index in [4.69, 9.17) is 5.14 Å². The Morgan fingerprint density at radius 2 is 1.87 bits per heavy atom. The van der Waals surface area contributed by atoms with Crippen molar-refractivity contribution in [3.05, 3.63) is 58.3 Å². The third kappa shape index (κ3) is 4.15. The first-order valence-corrected chi connectivity index (χ1v) is 9.04. The largest absolute Gasteiger partial charge is 0.335 e. The number of primary sulfonamides is 1. The molecule has 0 bridgehead atoms. The fourth-order valence-electron chi connectivity index (χ4n) is 2.07. The molecule has 1 aromatic heterocycles. The summed E-state index contributed by atoms with van der Waals surface area (Å²) in [6, 6.07) is 7.61. The molecule has 0 aliphatic rings. The number of amides is 1. The number of sulfonamides is 1. The average molecular weight is 398 g/mol. The molecule has 23 heavy (non-hydrogen) atoms. The number of nitrogens with two attached hydrogens (primary N) is 1. The highest BCUT2D eigenvalue weighted by molar-refractivity contribution is 9.10. The summed E-state index contributed by atoms with van der Waals surface area (Å²) >= 11 is 3.29. The van der Waals surface area contributed by atoms with Crippen molar-refractivity contribution in [1.82, 2.24) is 9.88 Å². The SMILES string of the molecule is CC(c1ccc(S(N)(=O)=O)cc1)N(C)C(=O)c1cncc(Br)c1. The van der Waals surface area contributed by atoms with Crippen LogP contribution in [0.4, 0.5) is 0 Å². The Kier molecular flexibility index (Phi) is 5.18. The molecule has 2 N–H and O–H groups in total. The first-order valence-electron chi connectivity index (χ1n) is 6.70. The molecule has 1 atom stereocenters. The van der Waals surface area contributed by atoms with E-state index in [0.29, 0.717) is 5.56 Å². The van der Waals surface area contributed by atoms with E-state index in [1.807, 2.05) is 6.92 Å². The van der Waals surface area contributed by atoms with Crippen LogP contribution in [0.1, 0.15) is 28.9 Å². The summed E-state index contributed by atoms with van der Waals surface area (Å²) in [7, 11) is -2.04. The number of halogens is 1. The summed E-state index contributed by atoms with van der Waals surface area (Å²) < 4.78 is 23.3. The molecule has 0 radical (unpaired) electrons. The van der Waals surface area contributed by atoms with Gasteiger partial charge in [0.2, 0.25) is 10.0 Å². The van der Waals surface area contributed by atoms with Crippen molar-refractivity contribution >= 4 is 31.9 Å². The van der Waals surface area contributed by atoms with E-state index in [1.165, 1.54) is 18.3 Å². The molecule has 0 saturated carbocycles. The minimum atomic E-state index is -3.72. The van der Waals surface area contributed by atoms with Gasteiger partial charge >= 0.3 is 0 Å². The minimum absolute atomic E-state index is 0.0404. The van der Waals surface area contributed by atoms with Gasteiger partial charge in [-0.25, -0.2) is 13.6 Å². The van der Waals surface area contributed by atoms with Gasteiger partial charge in [-0.05, 0) is 46.6 Å². The van der Waals surface area contributed by atoms with E-state index in [0.717, 1.165) is 10.0 Å². The molecule has 0 spiro atoms. The second-order valence-corrected chi connectivity index (χ2v) is 7.58. The van der Waals surface area contributed by atoms with Crippen LogP contribution in [0.15, 0.2) is 52.1 Å². The molecule has 1 amide bonds. The summed E-state index contributed by atoms with van der Waals surface area (Å²) in [5.41, 5.74) is 1.27. The molecule has 2 rings (SSSR count). The van der Waals surface area contributed by atoms with Gasteiger partial charge in [-0.15, -0.1) is 0 Å². The van der Waals surface area contributed by atoms with Gasteiger partial charge in [0.15, 0.2) is 0 Å². The maximum absolute atomic E-state index is 12.5. The Morgan fingerprint density at radius 1 is 1.26 bits per heavy atom. The van der Waals surface area contributed by atoms with Gasteiger partial charge in [0.1, 0.15) is 0 Å². The number of benzene rings is 1. The molecule has 6 nitrogen and oxygen atoms in total. The van der Waals surface area contributed by atoms with E-state index in [-0.39, 0.29) is 16.8 Å². The Labute approximate surface area is 143 Å². The highest BCUT2D eigenvalue weighted by Crippen LogP contribution is 2.22. The number of hydrogen-bond donors (Lipinski definition) is 1. The second kappa shape index (κ2) is 6.77. The van der Waals surface area contributed by atoms with E-state index < -0.39 is 10.0 Å². The Morgan fingerprint density at radius 3 is 2.39 bits per heavy atom. The minimum Gasteiger partial charge on any atom is -0.335 e. The predicted octanol–water partition coefficient (Wildman–Crippen LogP) is 2.32. The van der Waals surface area contributed by atoms with Crippen molar-refractivity contribution in [2.45, 2.75) is 17.9 Å². The van der Waals surface area contributed by atoms with Gasteiger partial charge in [0.25, 0.3) is 5.91 Å². The molecule has 8 heteroatoms. The summed E-state index contributed by atoms with van der Waals surface area (Å²) in [5.74, 6) is -0.179. The Bertz CT molecular complexity index is 822. The van der Waals surface area contributed by atoms with Gasteiger partial charge in [-0.3, -0.25) is 9.78 Å². The van der Waals surface area contributed by atoms with Crippen molar-refractivity contribution < 1.29 is 13.2 Å². The van der Waals surface area contributed by atoms with Crippen LogP contribution in [0, 0.1) is 0 Å². The van der Waals surface area contributed by atoms with Crippen LogP contribution < -0.4 is 5.14 Å². The summed E-state index contributed by atoms with van der Waals surface area (Å²) in [6.07, 6.45) is 3.10. The van der Waals surface area contributed by atoms with Crippen molar-refractivity contribution in [2.75, 3.05) is 7.05 Å². The maximum Gasteiger partial charge on any atom is 0.255 e. The molecule has 2 aromatic rings. The molecule has 1 unspecified atom stereocenters. The number of rotatable bonds is 4. The van der Waals surface area contributed by atoms with Crippen LogP contribution in [-0.4, -0.2) is 31.3 Å². The molecule has 122 valence electrons. The highest BCUT2D eigenvalue weighted by Gasteiger charge is 2.20. The third-order valence-electron chi connectivity index (χ3n) is 3.54. The highest BCUT2D eigenvalue weighted by atomic mass is 79.9. The lowest BCUT2D eigenvalue weighted by Crippen LogP contribution is -2.29. The fourth-order valence-corrected chi connectivity index (χ4v) is 2.95. The number of pyridine rings is 1. The molecule has 0 aliphatic heterocycles. The molecule has 0 saturated heterocycles. The van der Waals surface area contributed by atoms with Gasteiger partial charge in [-0.2, -0.15) is 0 Å². The third-order valence-corrected chi connectivity index (χ3v) is 4.91. The molecular formula is C15H16BrN3O3S. The van der Waals surface area contributed by atoms with Crippen LogP contribution >= 0.6 is 15.9 Å². The normalized spacial score (nSPS) is 12.7. The summed E-state index contributed by atoms with van der Waals surface area (Å²) in [4.78, 5) is 18.1. The smallest absolute Gasteiger partial charge is 0.255 e. The van der Waals surface area contributed by atoms with Gasteiger partial charge in [-0.1, -0.05) is 12.1 Å². The standard InChI is InChI=1S/C15H16BrN3O3S/c1-10(11-3-5-14(6-4-11)23(17,21)22)19(2)15(20)12-7-13(16)9-18-8-12/h3-10H,1-2H3,(H2,17,21,22). The zero-order valence-electron chi connectivity index (χ0n) is 12.6. The lowest BCUT2D eigenvalue weighted by molar-refractivity contribution is 0.0742. The van der Waals surface area contributed by atoms with E-state index >= 15 is 0 Å². The second-order valence-electron chi connectivity index (χ2n) is 5.10. The van der Waals surface area contributed by atoms with Crippen molar-refractivity contribution in [3.8, 4) is 0 Å². The van der Waals surface area contributed by atoms with Crippen LogP contribution in [-0.2, 0) is 10.0 Å². The van der Waals surface area contributed by atoms with E-state index in [2.05, 4.69) is 20.9 Å². The van der Waals surface area contributed by atoms with Crippen molar-refractivity contribution in [1.29, 1.82) is 0 Å². The van der Waals surface area contributed by atoms with Gasteiger partial charge < -0.3 is 4.90 Å². The lowest BCUT2D eigenvalue weighted by atomic mass is 10.1. The first-order chi connectivity index (χ1) is 10.7. The van der Waals surface area contributed by atoms with E-state index in [9.17, 15) is 13.2 Å². The number of nitrogens with zero attached hydrogens (tertiary/aromatic N) is 2. The molecule has 0 fully saturated rings. The summed E-state index contributed by atoms with van der Waals surface area (Å²) in [5, 5.41) is 5.08. The molecule has 1 aromatic carbocycles. The zero-order valence-corrected chi connectivity index (χ0v) is 15.0. The van der Waals surface area contributed by atoms with Crippen molar-refractivity contribution in [3.63, 3.8) is 0 Å². The average Bonchev–Trinajstić information content (AvgIpc) is 2.52. The van der Waals surface area contributed by atoms with Crippen LogP contribution in [0.2, 0.25) is 0 Å². The molecular weight excluding hydrogens is 382 g/mol. The fraction of sp³-hybridized carbons (Fsp3) is 0.200. The number of carbonyl (C=O) groups is 1. The topological polar surface area (TPSA) is 93.4 Å². The van der Waals surface area contributed by atoms with Crippen LogP contribution in [0.5, 0.6) is 0 Å². The summed E-state index contributed by atoms with van der Waals surface area (Å²) in [6.45, 7) is 1.86. The lowest BCUT2D eigenvalue weighted by Gasteiger charge is -2.25. The first kappa shape index (κ1) is 17.6. The Hall–Kier alpha value is -1.77. The van der Waals surface area contributed by atoms with Gasteiger partial charge in [0, 0.05) is 23.9 Å². The maximum atomic E-state index is 12.5. The van der Waals surface area contributed by atoms with E-state index in [1.54, 1.807) is 36.3 Å². The number of aromatic nitrogens is 1. The number of carbonyl (C=O) groups excluding carboxylic acids is 1. The monoisotopic (exact) mass is 397 g/mol. The molecule has 0 aliphatic carbocycles. The zero-order chi connectivity index (χ0) is 17.2. The van der Waals surface area contributed by atoms with Crippen LogP contribution in [0.3, 0.4) is 0 Å². The quantitative estimate of drug-likeness (QED) is 0.856. The van der Waals surface area contributed by atoms with Crippen molar-refractivity contribution in [2.24, 2.45) is 5.14 Å². The number of hydrogen-bond acceptors (Lipinski definition) is 4. The molecule has 1 heterocycles. The Balaban J connectivity index is 2.22. The predicted molar refractivity (Wildman–Crippen MR) is 90.3 cm³/mol. The van der Waals surface area contributed by atoms with Crippen LogP contribution in [0.25, 0.3) is 0 Å². The van der Waals surface area contributed by atoms with Gasteiger partial charge in [0.05, 0.1) is 16.5 Å².